The van der Waals surface area contributed by atoms with Gasteiger partial charge in [-0.1, -0.05) is 6.07 Å². The van der Waals surface area contributed by atoms with Gasteiger partial charge in [-0.15, -0.1) is 0 Å². The summed E-state index contributed by atoms with van der Waals surface area (Å²) >= 11 is 0. The summed E-state index contributed by atoms with van der Waals surface area (Å²) in [5.41, 5.74) is 2.34. The predicted molar refractivity (Wildman–Crippen MR) is 105 cm³/mol. The van der Waals surface area contributed by atoms with Crippen LogP contribution in [0.15, 0.2) is 60.1 Å². The first-order valence-electron chi connectivity index (χ1n) is 9.34. The predicted octanol–water partition coefficient (Wildman–Crippen LogP) is 1.46. The third-order valence-electron chi connectivity index (χ3n) is 5.07. The molecule has 1 aliphatic heterocycles. The molecule has 0 radical (unpaired) electrons. The van der Waals surface area contributed by atoms with Crippen LogP contribution in [-0.2, 0) is 36.2 Å². The molecule has 4 heterocycles. The highest BCUT2D eigenvalue weighted by atomic mass is 32.2. The number of hydrogen-bond acceptors (Lipinski definition) is 5. The highest BCUT2D eigenvalue weighted by Crippen LogP contribution is 2.21. The highest BCUT2D eigenvalue weighted by Gasteiger charge is 2.28. The molecule has 0 unspecified atom stereocenters. The van der Waals surface area contributed by atoms with Crippen molar-refractivity contribution in [3.8, 4) is 0 Å². The molecular weight excluding hydrogens is 376 g/mol. The van der Waals surface area contributed by atoms with Gasteiger partial charge in [-0.25, -0.2) is 13.1 Å². The number of nitrogens with one attached hydrogen (secondary N) is 1. The topological polar surface area (TPSA) is 85.0 Å². The molecule has 148 valence electrons. The first-order chi connectivity index (χ1) is 13.5. The summed E-state index contributed by atoms with van der Waals surface area (Å²) in [6.45, 7) is 5.11. The lowest BCUT2D eigenvalue weighted by Gasteiger charge is -2.37. The quantitative estimate of drug-likeness (QED) is 0.649. The Bertz CT molecular complexity index is 1030. The molecule has 1 aliphatic rings. The van der Waals surface area contributed by atoms with Gasteiger partial charge in [0.1, 0.15) is 4.90 Å². The van der Waals surface area contributed by atoms with Crippen LogP contribution in [0.3, 0.4) is 0 Å². The lowest BCUT2D eigenvalue weighted by Crippen LogP contribution is -2.48. The Morgan fingerprint density at radius 2 is 2.14 bits per heavy atom. The molecule has 0 bridgehead atoms. The summed E-state index contributed by atoms with van der Waals surface area (Å²) in [6, 6.07) is 8.14. The van der Waals surface area contributed by atoms with Crippen LogP contribution in [0.1, 0.15) is 18.2 Å². The zero-order valence-electron chi connectivity index (χ0n) is 15.8. The van der Waals surface area contributed by atoms with Gasteiger partial charge >= 0.3 is 0 Å². The second-order valence-corrected chi connectivity index (χ2v) is 8.72. The number of sulfonamides is 1. The molecule has 0 saturated carbocycles. The minimum atomic E-state index is -3.59. The van der Waals surface area contributed by atoms with Gasteiger partial charge in [0.2, 0.25) is 10.0 Å². The molecule has 0 saturated heterocycles. The smallest absolute Gasteiger partial charge is 0.243 e. The van der Waals surface area contributed by atoms with Crippen molar-refractivity contribution in [3.63, 3.8) is 0 Å². The van der Waals surface area contributed by atoms with Gasteiger partial charge in [0.15, 0.2) is 0 Å². The Balaban J connectivity index is 1.50. The number of rotatable bonds is 7. The molecule has 28 heavy (non-hydrogen) atoms. The molecule has 0 aliphatic carbocycles. The van der Waals surface area contributed by atoms with Gasteiger partial charge in [-0.05, 0) is 30.7 Å². The largest absolute Gasteiger partial charge is 0.349 e. The van der Waals surface area contributed by atoms with Gasteiger partial charge in [-0.3, -0.25) is 14.6 Å². The number of hydrogen-bond donors (Lipinski definition) is 1. The summed E-state index contributed by atoms with van der Waals surface area (Å²) in [6.07, 6.45) is 8.61. The molecule has 1 N–H and O–H groups in total. The molecule has 3 aromatic heterocycles. The minimum Gasteiger partial charge on any atom is -0.349 e. The van der Waals surface area contributed by atoms with Gasteiger partial charge in [0.25, 0.3) is 0 Å². The van der Waals surface area contributed by atoms with Crippen molar-refractivity contribution in [1.82, 2.24) is 29.0 Å². The molecule has 0 amide bonds. The van der Waals surface area contributed by atoms with Gasteiger partial charge < -0.3 is 4.57 Å². The fraction of sp³-hybridized carbons (Fsp3) is 0.368. The Morgan fingerprint density at radius 1 is 1.25 bits per heavy atom. The molecule has 8 nitrogen and oxygen atoms in total. The number of aryl methyl sites for hydroxylation is 1. The van der Waals surface area contributed by atoms with E-state index in [9.17, 15) is 8.42 Å². The van der Waals surface area contributed by atoms with E-state index < -0.39 is 10.0 Å². The number of nitrogens with zero attached hydrogens (tertiary/aromatic N) is 5. The van der Waals surface area contributed by atoms with E-state index in [1.54, 1.807) is 17.1 Å². The summed E-state index contributed by atoms with van der Waals surface area (Å²) in [4.78, 5) is 6.69. The first-order valence-corrected chi connectivity index (χ1v) is 10.8. The number of fused-ring (bicyclic) bond motifs is 1. The van der Waals surface area contributed by atoms with Crippen molar-refractivity contribution in [2.24, 2.45) is 0 Å². The van der Waals surface area contributed by atoms with Crippen molar-refractivity contribution >= 4 is 10.0 Å². The van der Waals surface area contributed by atoms with E-state index >= 15 is 0 Å². The van der Waals surface area contributed by atoms with Crippen molar-refractivity contribution in [2.45, 2.75) is 44.0 Å². The standard InChI is InChI=1S/C19H24N6O2S/c1-2-25-15-19(11-21-25)28(26,27)22-10-18-14-23-8-4-6-17(23)13-24(18)12-16-5-3-7-20-9-16/h3-9,11,15,18,22H,2,10,12-14H2,1H3/t18-/m0/s1. The normalized spacial score (nSPS) is 17.5. The summed E-state index contributed by atoms with van der Waals surface area (Å²) in [5.74, 6) is 0. The van der Waals surface area contributed by atoms with E-state index in [1.165, 1.54) is 11.9 Å². The highest BCUT2D eigenvalue weighted by molar-refractivity contribution is 7.89. The van der Waals surface area contributed by atoms with Crippen LogP contribution in [0.4, 0.5) is 0 Å². The average Bonchev–Trinajstić information content (AvgIpc) is 3.36. The van der Waals surface area contributed by atoms with Crippen LogP contribution < -0.4 is 4.72 Å². The zero-order chi connectivity index (χ0) is 19.6. The first kappa shape index (κ1) is 18.9. The molecule has 0 spiro atoms. The molecule has 9 heteroatoms. The summed E-state index contributed by atoms with van der Waals surface area (Å²) < 4.78 is 31.9. The SMILES string of the molecule is CCn1cc(S(=O)(=O)NC[C@H]2Cn3cccc3CN2Cc2cccnc2)cn1. The van der Waals surface area contributed by atoms with Crippen LogP contribution >= 0.6 is 0 Å². The Labute approximate surface area is 164 Å². The fourth-order valence-corrected chi connectivity index (χ4v) is 4.53. The number of pyridine rings is 1. The third-order valence-corrected chi connectivity index (χ3v) is 6.45. The van der Waals surface area contributed by atoms with E-state index in [4.69, 9.17) is 0 Å². The van der Waals surface area contributed by atoms with E-state index in [2.05, 4.69) is 30.3 Å². The zero-order valence-corrected chi connectivity index (χ0v) is 16.6. The van der Waals surface area contributed by atoms with Crippen LogP contribution in [0.2, 0.25) is 0 Å². The molecule has 1 atom stereocenters. The Morgan fingerprint density at radius 3 is 2.89 bits per heavy atom. The van der Waals surface area contributed by atoms with Crippen molar-refractivity contribution in [3.05, 3.63) is 66.5 Å². The van der Waals surface area contributed by atoms with Gasteiger partial charge in [0.05, 0.1) is 6.20 Å². The Kier molecular flexibility index (Phi) is 5.29. The lowest BCUT2D eigenvalue weighted by atomic mass is 10.1. The second-order valence-electron chi connectivity index (χ2n) is 6.96. The van der Waals surface area contributed by atoms with Crippen molar-refractivity contribution in [2.75, 3.05) is 6.54 Å². The third kappa shape index (κ3) is 4.01. The second kappa shape index (κ2) is 7.86. The maximum Gasteiger partial charge on any atom is 0.243 e. The van der Waals surface area contributed by atoms with E-state index in [-0.39, 0.29) is 10.9 Å². The van der Waals surface area contributed by atoms with Gasteiger partial charge in [-0.2, -0.15) is 5.10 Å². The fourth-order valence-electron chi connectivity index (χ4n) is 3.50. The van der Waals surface area contributed by atoms with Gasteiger partial charge in [0, 0.05) is 69.2 Å². The molecular formula is C19H24N6O2S. The Hall–Kier alpha value is -2.49. The number of aromatic nitrogens is 4. The molecule has 0 fully saturated rings. The minimum absolute atomic E-state index is 0.0381. The van der Waals surface area contributed by atoms with Crippen LogP contribution in [-0.4, -0.2) is 45.2 Å². The molecule has 0 aromatic carbocycles. The maximum absolute atomic E-state index is 12.7. The average molecular weight is 401 g/mol. The van der Waals surface area contributed by atoms with Crippen molar-refractivity contribution in [1.29, 1.82) is 0 Å². The molecule has 3 aromatic rings. The van der Waals surface area contributed by atoms with Crippen LogP contribution in [0, 0.1) is 0 Å². The maximum atomic E-state index is 12.7. The van der Waals surface area contributed by atoms with E-state index in [0.29, 0.717) is 13.1 Å². The molecule has 4 rings (SSSR count). The lowest BCUT2D eigenvalue weighted by molar-refractivity contribution is 0.133. The van der Waals surface area contributed by atoms with Crippen LogP contribution in [0.25, 0.3) is 0 Å². The summed E-state index contributed by atoms with van der Waals surface area (Å²) in [5, 5.41) is 4.07. The van der Waals surface area contributed by atoms with Crippen LogP contribution in [0.5, 0.6) is 0 Å². The van der Waals surface area contributed by atoms with E-state index in [0.717, 1.165) is 25.2 Å². The van der Waals surface area contributed by atoms with E-state index in [1.807, 2.05) is 37.5 Å². The monoisotopic (exact) mass is 400 g/mol. The van der Waals surface area contributed by atoms with Crippen molar-refractivity contribution < 1.29 is 8.42 Å². The summed E-state index contributed by atoms with van der Waals surface area (Å²) in [7, 11) is -3.59.